The number of para-hydroxylation sites is 1. The molecule has 5 heteroatoms. The number of rotatable bonds is 2. The summed E-state index contributed by atoms with van der Waals surface area (Å²) in [5.74, 6) is -0.329. The highest BCUT2D eigenvalue weighted by Crippen LogP contribution is 2.29. The van der Waals surface area contributed by atoms with Crippen LogP contribution in [0, 0.1) is 0 Å². The molecule has 3 nitrogen and oxygen atoms in total. The van der Waals surface area contributed by atoms with Gasteiger partial charge in [0.25, 0.3) is 5.91 Å². The van der Waals surface area contributed by atoms with E-state index in [1.807, 2.05) is 30.3 Å². The molecule has 0 saturated carbocycles. The number of benzene rings is 2. The maximum Gasteiger partial charge on any atom is 0.274 e. The van der Waals surface area contributed by atoms with Crippen molar-refractivity contribution < 1.29 is 4.79 Å². The van der Waals surface area contributed by atoms with Gasteiger partial charge in [0.15, 0.2) is 0 Å². The third kappa shape index (κ3) is 2.84. The minimum Gasteiger partial charge on any atom is -0.319 e. The van der Waals surface area contributed by atoms with Crippen molar-refractivity contribution in [1.29, 1.82) is 0 Å². The Morgan fingerprint density at radius 3 is 2.62 bits per heavy atom. The van der Waals surface area contributed by atoms with E-state index in [-0.39, 0.29) is 5.91 Å². The van der Waals surface area contributed by atoms with Crippen LogP contribution in [0.15, 0.2) is 54.6 Å². The molecule has 0 atom stereocenters. The molecule has 104 valence electrons. The molecule has 1 heterocycles. The summed E-state index contributed by atoms with van der Waals surface area (Å²) in [5, 5.41) is 4.40. The summed E-state index contributed by atoms with van der Waals surface area (Å²) in [5.41, 5.74) is 1.55. The van der Waals surface area contributed by atoms with Crippen molar-refractivity contribution in [3.05, 3.63) is 70.3 Å². The first-order chi connectivity index (χ1) is 10.1. The van der Waals surface area contributed by atoms with Crippen molar-refractivity contribution in [3.63, 3.8) is 0 Å². The number of halogens is 2. The van der Waals surface area contributed by atoms with Crippen LogP contribution in [-0.2, 0) is 0 Å². The van der Waals surface area contributed by atoms with Crippen molar-refractivity contribution in [2.24, 2.45) is 0 Å². The van der Waals surface area contributed by atoms with Gasteiger partial charge in [-0.1, -0.05) is 53.5 Å². The van der Waals surface area contributed by atoms with E-state index in [0.29, 0.717) is 21.4 Å². The van der Waals surface area contributed by atoms with E-state index in [4.69, 9.17) is 23.2 Å². The van der Waals surface area contributed by atoms with Crippen LogP contribution >= 0.6 is 23.2 Å². The molecule has 0 aliphatic carbocycles. The summed E-state index contributed by atoms with van der Waals surface area (Å²) in [6.07, 6.45) is 0. The molecule has 0 spiro atoms. The van der Waals surface area contributed by atoms with E-state index < -0.39 is 0 Å². The van der Waals surface area contributed by atoms with E-state index in [2.05, 4.69) is 10.3 Å². The number of anilines is 1. The molecular weight excluding hydrogens is 307 g/mol. The molecule has 0 bridgehead atoms. The van der Waals surface area contributed by atoms with Crippen molar-refractivity contribution in [2.75, 3.05) is 5.32 Å². The fourth-order valence-corrected chi connectivity index (χ4v) is 2.33. The Hall–Kier alpha value is -2.10. The van der Waals surface area contributed by atoms with Gasteiger partial charge < -0.3 is 5.32 Å². The number of nitrogens with one attached hydrogen (secondary N) is 1. The summed E-state index contributed by atoms with van der Waals surface area (Å²) in [7, 11) is 0. The lowest BCUT2D eigenvalue weighted by Crippen LogP contribution is -2.14. The second-order valence-corrected chi connectivity index (χ2v) is 5.23. The highest BCUT2D eigenvalue weighted by molar-refractivity contribution is 6.44. The first-order valence-corrected chi connectivity index (χ1v) is 7.02. The van der Waals surface area contributed by atoms with Crippen LogP contribution in [0.1, 0.15) is 10.5 Å². The van der Waals surface area contributed by atoms with E-state index >= 15 is 0 Å². The minimum atomic E-state index is -0.329. The number of pyridine rings is 1. The van der Waals surface area contributed by atoms with Gasteiger partial charge in [-0.15, -0.1) is 0 Å². The zero-order valence-electron chi connectivity index (χ0n) is 10.8. The number of amides is 1. The number of carbonyl (C=O) groups is 1. The van der Waals surface area contributed by atoms with Gasteiger partial charge in [0, 0.05) is 5.39 Å². The maximum atomic E-state index is 12.2. The number of aromatic nitrogens is 1. The molecule has 3 rings (SSSR count). The van der Waals surface area contributed by atoms with Crippen LogP contribution < -0.4 is 5.32 Å². The molecule has 0 unspecified atom stereocenters. The molecule has 0 aliphatic rings. The molecule has 1 N–H and O–H groups in total. The van der Waals surface area contributed by atoms with Gasteiger partial charge in [0.05, 0.1) is 21.2 Å². The topological polar surface area (TPSA) is 42.0 Å². The van der Waals surface area contributed by atoms with Crippen LogP contribution in [0.4, 0.5) is 5.69 Å². The molecule has 2 aromatic carbocycles. The van der Waals surface area contributed by atoms with Gasteiger partial charge in [-0.05, 0) is 24.3 Å². The molecule has 0 aliphatic heterocycles. The second-order valence-electron chi connectivity index (χ2n) is 4.44. The minimum absolute atomic E-state index is 0.313. The van der Waals surface area contributed by atoms with Gasteiger partial charge in [-0.2, -0.15) is 0 Å². The Morgan fingerprint density at radius 2 is 1.76 bits per heavy atom. The summed E-state index contributed by atoms with van der Waals surface area (Å²) >= 11 is 12.0. The zero-order valence-corrected chi connectivity index (χ0v) is 12.3. The lowest BCUT2D eigenvalue weighted by atomic mass is 10.2. The van der Waals surface area contributed by atoms with Gasteiger partial charge in [0.1, 0.15) is 5.69 Å². The Morgan fingerprint density at radius 1 is 0.952 bits per heavy atom. The van der Waals surface area contributed by atoms with Crippen molar-refractivity contribution in [3.8, 4) is 0 Å². The number of hydrogen-bond donors (Lipinski definition) is 1. The second kappa shape index (κ2) is 5.72. The summed E-state index contributed by atoms with van der Waals surface area (Å²) in [4.78, 5) is 16.6. The van der Waals surface area contributed by atoms with Crippen LogP contribution in [0.2, 0.25) is 10.0 Å². The molecule has 3 aromatic rings. The lowest BCUT2D eigenvalue weighted by Gasteiger charge is -2.08. The molecule has 21 heavy (non-hydrogen) atoms. The summed E-state index contributed by atoms with van der Waals surface area (Å²) in [6.45, 7) is 0. The maximum absolute atomic E-state index is 12.2. The highest BCUT2D eigenvalue weighted by atomic mass is 35.5. The first-order valence-electron chi connectivity index (χ1n) is 6.26. The van der Waals surface area contributed by atoms with Gasteiger partial charge in [0.2, 0.25) is 0 Å². The third-order valence-electron chi connectivity index (χ3n) is 3.03. The van der Waals surface area contributed by atoms with Crippen LogP contribution in [0.3, 0.4) is 0 Å². The number of nitrogens with zero attached hydrogens (tertiary/aromatic N) is 1. The summed E-state index contributed by atoms with van der Waals surface area (Å²) in [6, 6.07) is 16.2. The van der Waals surface area contributed by atoms with Gasteiger partial charge in [-0.25, -0.2) is 4.98 Å². The fourth-order valence-electron chi connectivity index (χ4n) is 1.98. The van der Waals surface area contributed by atoms with Crippen molar-refractivity contribution in [2.45, 2.75) is 0 Å². The quantitative estimate of drug-likeness (QED) is 0.738. The van der Waals surface area contributed by atoms with Crippen LogP contribution in [0.25, 0.3) is 10.9 Å². The number of hydrogen-bond acceptors (Lipinski definition) is 2. The Kier molecular flexibility index (Phi) is 3.78. The fraction of sp³-hybridized carbons (Fsp3) is 0. The largest absolute Gasteiger partial charge is 0.319 e. The average Bonchev–Trinajstić information content (AvgIpc) is 2.51. The molecule has 0 radical (unpaired) electrons. The average molecular weight is 317 g/mol. The predicted octanol–water partition coefficient (Wildman–Crippen LogP) is 4.79. The standard InChI is InChI=1S/C16H10Cl2N2O/c17-11-5-3-7-13(15(11)18)20-16(21)14-9-8-10-4-1-2-6-12(10)19-14/h1-9H,(H,20,21). The van der Waals surface area contributed by atoms with E-state index in [1.165, 1.54) is 0 Å². The zero-order chi connectivity index (χ0) is 14.8. The predicted molar refractivity (Wildman–Crippen MR) is 86.2 cm³/mol. The SMILES string of the molecule is O=C(Nc1cccc(Cl)c1Cl)c1ccc2ccccc2n1. The Labute approximate surface area is 131 Å². The molecular formula is C16H10Cl2N2O. The number of carbonyl (C=O) groups excluding carboxylic acids is 1. The molecule has 1 aromatic heterocycles. The van der Waals surface area contributed by atoms with Gasteiger partial charge >= 0.3 is 0 Å². The number of fused-ring (bicyclic) bond motifs is 1. The molecule has 1 amide bonds. The smallest absolute Gasteiger partial charge is 0.274 e. The monoisotopic (exact) mass is 316 g/mol. The molecule has 0 fully saturated rings. The lowest BCUT2D eigenvalue weighted by molar-refractivity contribution is 0.102. The highest BCUT2D eigenvalue weighted by Gasteiger charge is 2.11. The Balaban J connectivity index is 1.91. The first kappa shape index (κ1) is 13.9. The van der Waals surface area contributed by atoms with E-state index in [9.17, 15) is 4.79 Å². The van der Waals surface area contributed by atoms with Crippen LogP contribution in [0.5, 0.6) is 0 Å². The Bertz CT molecular complexity index is 833. The van der Waals surface area contributed by atoms with Crippen molar-refractivity contribution in [1.82, 2.24) is 4.98 Å². The van der Waals surface area contributed by atoms with E-state index in [1.54, 1.807) is 24.3 Å². The van der Waals surface area contributed by atoms with Crippen molar-refractivity contribution >= 4 is 45.7 Å². The normalized spacial score (nSPS) is 10.6. The van der Waals surface area contributed by atoms with Crippen LogP contribution in [-0.4, -0.2) is 10.9 Å². The molecule has 0 saturated heterocycles. The van der Waals surface area contributed by atoms with E-state index in [0.717, 1.165) is 10.9 Å². The summed E-state index contributed by atoms with van der Waals surface area (Å²) < 4.78 is 0. The van der Waals surface area contributed by atoms with Gasteiger partial charge in [-0.3, -0.25) is 4.79 Å². The third-order valence-corrected chi connectivity index (χ3v) is 3.85.